The molecule has 0 aromatic rings. The summed E-state index contributed by atoms with van der Waals surface area (Å²) in [5.74, 6) is -0.915. The number of allylic oxidation sites excluding steroid dienone is 10. The lowest BCUT2D eigenvalue weighted by atomic mass is 10.1. The number of hydrogen-bond acceptors (Lipinski definition) is 7. The summed E-state index contributed by atoms with van der Waals surface area (Å²) in [5.41, 5.74) is 0. The van der Waals surface area contributed by atoms with Gasteiger partial charge >= 0.3 is 19.8 Å². The highest BCUT2D eigenvalue weighted by Gasteiger charge is 2.27. The highest BCUT2D eigenvalue weighted by Crippen LogP contribution is 2.43. The Morgan fingerprint density at radius 1 is 0.534 bits per heavy atom. The molecule has 0 aliphatic heterocycles. The quantitative estimate of drug-likeness (QED) is 0.0213. The second-order valence-electron chi connectivity index (χ2n) is 16.4. The maximum atomic E-state index is 12.7. The Morgan fingerprint density at radius 3 is 1.38 bits per heavy atom. The van der Waals surface area contributed by atoms with E-state index in [1.54, 1.807) is 0 Å². The Kier molecular flexibility index (Phi) is 38.5. The average Bonchev–Trinajstić information content (AvgIpc) is 3.17. The van der Waals surface area contributed by atoms with Gasteiger partial charge in [-0.3, -0.25) is 18.6 Å². The monoisotopic (exact) mass is 837 g/mol. The zero-order valence-electron chi connectivity index (χ0n) is 37.8. The fourth-order valence-corrected chi connectivity index (χ4v) is 6.63. The van der Waals surface area contributed by atoms with Gasteiger partial charge in [-0.1, -0.05) is 158 Å². The molecule has 10 heteroatoms. The van der Waals surface area contributed by atoms with E-state index in [2.05, 4.69) is 74.6 Å². The van der Waals surface area contributed by atoms with Crippen LogP contribution in [0, 0.1) is 0 Å². The third kappa shape index (κ3) is 43.3. The number of hydrogen-bond donors (Lipinski definition) is 1. The minimum absolute atomic E-state index is 0.0147. The van der Waals surface area contributed by atoms with Crippen molar-refractivity contribution >= 4 is 19.8 Å². The molecule has 2 atom stereocenters. The molecule has 1 N–H and O–H groups in total. The minimum Gasteiger partial charge on any atom is -0.462 e. The summed E-state index contributed by atoms with van der Waals surface area (Å²) in [6, 6.07) is 0. The van der Waals surface area contributed by atoms with Crippen molar-refractivity contribution in [2.24, 2.45) is 0 Å². The molecule has 1 unspecified atom stereocenters. The number of carbonyl (C=O) groups excluding carboxylic acids is 2. The van der Waals surface area contributed by atoms with Crippen LogP contribution in [0.5, 0.6) is 0 Å². The van der Waals surface area contributed by atoms with Crippen molar-refractivity contribution in [2.75, 3.05) is 47.5 Å². The maximum absolute atomic E-state index is 12.7. The van der Waals surface area contributed by atoms with E-state index in [1.165, 1.54) is 96.3 Å². The van der Waals surface area contributed by atoms with Crippen LogP contribution in [0.1, 0.15) is 181 Å². The van der Waals surface area contributed by atoms with Crippen molar-refractivity contribution < 1.29 is 42.1 Å². The van der Waals surface area contributed by atoms with Crippen LogP contribution in [0.4, 0.5) is 0 Å². The lowest BCUT2D eigenvalue weighted by Crippen LogP contribution is -2.37. The number of phosphoric ester groups is 1. The Balaban J connectivity index is 4.49. The van der Waals surface area contributed by atoms with Crippen LogP contribution >= 0.6 is 7.82 Å². The van der Waals surface area contributed by atoms with Crippen molar-refractivity contribution in [1.82, 2.24) is 0 Å². The number of unbranched alkanes of at least 4 members (excludes halogenated alkanes) is 17. The van der Waals surface area contributed by atoms with Crippen molar-refractivity contribution in [3.63, 3.8) is 0 Å². The molecule has 336 valence electrons. The molecule has 9 nitrogen and oxygen atoms in total. The molecule has 0 rings (SSSR count). The van der Waals surface area contributed by atoms with E-state index in [-0.39, 0.29) is 26.1 Å². The number of esters is 2. The summed E-state index contributed by atoms with van der Waals surface area (Å²) >= 11 is 0. The number of phosphoric acid groups is 1. The van der Waals surface area contributed by atoms with Gasteiger partial charge in [0.2, 0.25) is 0 Å². The first-order valence-corrected chi connectivity index (χ1v) is 24.5. The topological polar surface area (TPSA) is 108 Å². The van der Waals surface area contributed by atoms with E-state index in [1.807, 2.05) is 21.1 Å². The van der Waals surface area contributed by atoms with Crippen molar-refractivity contribution in [2.45, 2.75) is 187 Å². The molecule has 0 heterocycles. The van der Waals surface area contributed by atoms with E-state index < -0.39 is 32.5 Å². The molecular formula is C48H87NO8P+. The van der Waals surface area contributed by atoms with Gasteiger partial charge in [0.15, 0.2) is 6.10 Å². The summed E-state index contributed by atoms with van der Waals surface area (Å²) in [6.45, 7) is 4.30. The Bertz CT molecular complexity index is 1170. The van der Waals surface area contributed by atoms with Gasteiger partial charge in [-0.05, 0) is 70.6 Å². The molecule has 0 bridgehead atoms. The van der Waals surface area contributed by atoms with Crippen LogP contribution in [0.3, 0.4) is 0 Å². The molecule has 0 spiro atoms. The largest absolute Gasteiger partial charge is 0.472 e. The van der Waals surface area contributed by atoms with E-state index in [4.69, 9.17) is 18.5 Å². The maximum Gasteiger partial charge on any atom is 0.472 e. The molecule has 0 aromatic carbocycles. The molecule has 0 amide bonds. The van der Waals surface area contributed by atoms with E-state index in [0.29, 0.717) is 23.9 Å². The highest BCUT2D eigenvalue weighted by molar-refractivity contribution is 7.47. The number of likely N-dealkylation sites (N-methyl/N-ethyl adjacent to an activating group) is 1. The Labute approximate surface area is 356 Å². The van der Waals surface area contributed by atoms with Crippen LogP contribution in [-0.2, 0) is 32.7 Å². The van der Waals surface area contributed by atoms with E-state index >= 15 is 0 Å². The summed E-state index contributed by atoms with van der Waals surface area (Å²) in [4.78, 5) is 35.3. The lowest BCUT2D eigenvalue weighted by molar-refractivity contribution is -0.870. The predicted molar refractivity (Wildman–Crippen MR) is 243 cm³/mol. The molecule has 0 fully saturated rings. The zero-order chi connectivity index (χ0) is 42.8. The Morgan fingerprint density at radius 2 is 0.931 bits per heavy atom. The number of rotatable bonds is 41. The smallest absolute Gasteiger partial charge is 0.462 e. The van der Waals surface area contributed by atoms with Gasteiger partial charge < -0.3 is 18.9 Å². The summed E-state index contributed by atoms with van der Waals surface area (Å²) in [5, 5.41) is 0. The van der Waals surface area contributed by atoms with Gasteiger partial charge in [-0.25, -0.2) is 4.57 Å². The molecular weight excluding hydrogens is 750 g/mol. The second-order valence-corrected chi connectivity index (χ2v) is 17.9. The summed E-state index contributed by atoms with van der Waals surface area (Å²) in [6.07, 6.45) is 48.6. The molecule has 0 aromatic heterocycles. The first-order chi connectivity index (χ1) is 28.0. The molecule has 58 heavy (non-hydrogen) atoms. The van der Waals surface area contributed by atoms with Gasteiger partial charge in [0.25, 0.3) is 0 Å². The van der Waals surface area contributed by atoms with E-state index in [9.17, 15) is 19.0 Å². The van der Waals surface area contributed by atoms with Crippen LogP contribution < -0.4 is 0 Å². The van der Waals surface area contributed by atoms with Gasteiger partial charge in [-0.15, -0.1) is 0 Å². The van der Waals surface area contributed by atoms with Gasteiger partial charge in [0.1, 0.15) is 19.8 Å². The van der Waals surface area contributed by atoms with Crippen LogP contribution in [0.2, 0.25) is 0 Å². The van der Waals surface area contributed by atoms with E-state index in [0.717, 1.165) is 44.9 Å². The Hall–Kier alpha value is -2.29. The first kappa shape index (κ1) is 55.7. The van der Waals surface area contributed by atoms with Gasteiger partial charge in [0, 0.05) is 12.8 Å². The number of nitrogens with zero attached hydrogens (tertiary/aromatic N) is 1. The normalized spacial score (nSPS) is 14.1. The number of quaternary nitrogens is 1. The molecule has 0 aliphatic rings. The molecule has 0 radical (unpaired) electrons. The standard InChI is InChI=1S/C48H86NO8P/c1-6-8-10-12-14-16-18-20-22-24-26-28-30-32-34-36-38-40-47(50)54-44-46(45-56-58(52,53)55-43-42-49(3,4)5)57-48(51)41-39-37-35-33-31-29-27-25-23-21-19-17-15-13-11-9-7-2/h20,22,26-29,32-35,46H,6-19,21,23-25,30-31,36-45H2,1-5H3/p+1/b22-20+,28-26+,29-27+,34-32+,35-33+/t46-/m1/s1. The fourth-order valence-electron chi connectivity index (χ4n) is 5.89. The first-order valence-electron chi connectivity index (χ1n) is 23.0. The van der Waals surface area contributed by atoms with Gasteiger partial charge in [0.05, 0.1) is 27.7 Å². The number of ether oxygens (including phenoxy) is 2. The third-order valence-electron chi connectivity index (χ3n) is 9.52. The molecule has 0 aliphatic carbocycles. The molecule has 0 saturated carbocycles. The SMILES string of the molecule is CCCCCCCC/C=C/C/C=C/C/C=C/CCCC(=O)OC[C@H](COP(=O)(O)OCC[N+](C)(C)C)OC(=O)CCC/C=C/C/C=C/CCCCCCCCCCC. The van der Waals surface area contributed by atoms with Crippen molar-refractivity contribution in [3.05, 3.63) is 60.8 Å². The van der Waals surface area contributed by atoms with Crippen LogP contribution in [-0.4, -0.2) is 74.9 Å². The fraction of sp³-hybridized carbons (Fsp3) is 0.750. The highest BCUT2D eigenvalue weighted by atomic mass is 31.2. The minimum atomic E-state index is -4.40. The summed E-state index contributed by atoms with van der Waals surface area (Å²) < 4.78 is 34.2. The predicted octanol–water partition coefficient (Wildman–Crippen LogP) is 13.2. The average molecular weight is 837 g/mol. The van der Waals surface area contributed by atoms with Gasteiger partial charge in [-0.2, -0.15) is 0 Å². The number of carbonyl (C=O) groups is 2. The van der Waals surface area contributed by atoms with Crippen molar-refractivity contribution in [3.8, 4) is 0 Å². The summed E-state index contributed by atoms with van der Waals surface area (Å²) in [7, 11) is 1.42. The third-order valence-corrected chi connectivity index (χ3v) is 10.5. The van der Waals surface area contributed by atoms with Crippen LogP contribution in [0.25, 0.3) is 0 Å². The second kappa shape index (κ2) is 40.1. The zero-order valence-corrected chi connectivity index (χ0v) is 38.7. The van der Waals surface area contributed by atoms with Crippen LogP contribution in [0.15, 0.2) is 60.8 Å². The lowest BCUT2D eigenvalue weighted by Gasteiger charge is -2.24. The molecule has 0 saturated heterocycles. The van der Waals surface area contributed by atoms with Crippen molar-refractivity contribution in [1.29, 1.82) is 0 Å².